The van der Waals surface area contributed by atoms with Crippen LogP contribution in [-0.2, 0) is 0 Å². The summed E-state index contributed by atoms with van der Waals surface area (Å²) in [6.45, 7) is 0. The van der Waals surface area contributed by atoms with Crippen molar-refractivity contribution in [1.29, 1.82) is 0 Å². The van der Waals surface area contributed by atoms with Gasteiger partial charge in [0.25, 0.3) is 0 Å². The molecule has 0 saturated heterocycles. The van der Waals surface area contributed by atoms with Crippen molar-refractivity contribution in [2.75, 3.05) is 0 Å². The average Bonchev–Trinajstić information content (AvgIpc) is 3.45. The predicted octanol–water partition coefficient (Wildman–Crippen LogP) is 0.451. The SMILES string of the molecule is OB(O)c1ccc(-c2ccc(-c3ccc(B(O)O)c4nsnc34)s2)c2nsnc12. The quantitative estimate of drug-likeness (QED) is 0.297. The van der Waals surface area contributed by atoms with Crippen molar-refractivity contribution in [1.82, 2.24) is 17.5 Å². The minimum Gasteiger partial charge on any atom is -0.423 e. The summed E-state index contributed by atoms with van der Waals surface area (Å²) in [6, 6.07) is 10.8. The molecule has 0 fully saturated rings. The molecule has 2 aromatic carbocycles. The van der Waals surface area contributed by atoms with E-state index < -0.39 is 14.2 Å². The van der Waals surface area contributed by atoms with Crippen LogP contribution in [0, 0.1) is 0 Å². The van der Waals surface area contributed by atoms with E-state index in [4.69, 9.17) is 0 Å². The normalized spacial score (nSPS) is 11.4. The maximum absolute atomic E-state index is 9.54. The molecule has 5 aromatic rings. The van der Waals surface area contributed by atoms with Crippen molar-refractivity contribution in [2.24, 2.45) is 0 Å². The van der Waals surface area contributed by atoms with E-state index in [-0.39, 0.29) is 0 Å². The summed E-state index contributed by atoms with van der Waals surface area (Å²) >= 11 is 3.57. The second-order valence-corrected chi connectivity index (χ2v) is 8.38. The standard InChI is InChI=1S/C16H10B2N4O4S3/c23-17(24)9-3-1-7(13-15(9)21-28-19-13)11-5-6-12(27-11)8-2-4-10(18(25)26)16-14(8)20-29-22-16/h1-6,23-26H. The first-order valence-electron chi connectivity index (χ1n) is 8.38. The first kappa shape index (κ1) is 18.8. The molecule has 0 saturated carbocycles. The van der Waals surface area contributed by atoms with Gasteiger partial charge in [-0.25, -0.2) is 0 Å². The molecule has 13 heteroatoms. The number of aromatic nitrogens is 4. The van der Waals surface area contributed by atoms with Gasteiger partial charge in [-0.3, -0.25) is 0 Å². The van der Waals surface area contributed by atoms with Crippen LogP contribution in [0.1, 0.15) is 0 Å². The van der Waals surface area contributed by atoms with Gasteiger partial charge in [0.1, 0.15) is 22.1 Å². The van der Waals surface area contributed by atoms with E-state index in [1.807, 2.05) is 12.1 Å². The fourth-order valence-corrected chi connectivity index (χ4v) is 5.43. The first-order valence-corrected chi connectivity index (χ1v) is 10.7. The Morgan fingerprint density at radius 3 is 1.38 bits per heavy atom. The van der Waals surface area contributed by atoms with Crippen LogP contribution in [0.15, 0.2) is 36.4 Å². The zero-order chi connectivity index (χ0) is 20.1. The molecule has 29 heavy (non-hydrogen) atoms. The molecule has 0 bridgehead atoms. The number of rotatable bonds is 4. The molecular weight excluding hydrogens is 430 g/mol. The first-order chi connectivity index (χ1) is 14.0. The maximum Gasteiger partial charge on any atom is 0.490 e. The molecule has 5 rings (SSSR count). The van der Waals surface area contributed by atoms with E-state index in [9.17, 15) is 20.1 Å². The monoisotopic (exact) mass is 440 g/mol. The lowest BCUT2D eigenvalue weighted by Gasteiger charge is -2.05. The van der Waals surface area contributed by atoms with Gasteiger partial charge in [0, 0.05) is 31.8 Å². The molecule has 0 aliphatic rings. The van der Waals surface area contributed by atoms with E-state index in [1.54, 1.807) is 24.3 Å². The third kappa shape index (κ3) is 3.07. The number of hydrogen-bond acceptors (Lipinski definition) is 11. The van der Waals surface area contributed by atoms with E-state index >= 15 is 0 Å². The van der Waals surface area contributed by atoms with Crippen LogP contribution in [0.4, 0.5) is 0 Å². The summed E-state index contributed by atoms with van der Waals surface area (Å²) in [5, 5.41) is 38.2. The summed E-state index contributed by atoms with van der Waals surface area (Å²) in [4.78, 5) is 1.89. The molecule has 0 spiro atoms. The Labute approximate surface area is 176 Å². The van der Waals surface area contributed by atoms with E-state index in [1.165, 1.54) is 11.3 Å². The minimum absolute atomic E-state index is 0.322. The smallest absolute Gasteiger partial charge is 0.423 e. The third-order valence-corrected chi connectivity index (χ3v) is 6.80. The third-order valence-electron chi connectivity index (χ3n) is 4.59. The van der Waals surface area contributed by atoms with E-state index in [0.29, 0.717) is 33.0 Å². The lowest BCUT2D eigenvalue weighted by atomic mass is 9.79. The number of nitrogens with zero attached hydrogens (tertiary/aromatic N) is 4. The van der Waals surface area contributed by atoms with Gasteiger partial charge in [0.05, 0.1) is 23.5 Å². The Bertz CT molecular complexity index is 1250. The highest BCUT2D eigenvalue weighted by molar-refractivity contribution is 7.19. The highest BCUT2D eigenvalue weighted by Gasteiger charge is 2.22. The van der Waals surface area contributed by atoms with Gasteiger partial charge >= 0.3 is 14.2 Å². The van der Waals surface area contributed by atoms with Crippen molar-refractivity contribution < 1.29 is 20.1 Å². The molecule has 0 amide bonds. The van der Waals surface area contributed by atoms with Crippen LogP contribution in [0.5, 0.6) is 0 Å². The average molecular weight is 440 g/mol. The fraction of sp³-hybridized carbons (Fsp3) is 0. The topological polar surface area (TPSA) is 132 Å². The van der Waals surface area contributed by atoms with Crippen LogP contribution in [0.2, 0.25) is 0 Å². The summed E-state index contributed by atoms with van der Waals surface area (Å²) < 4.78 is 17.1. The fourth-order valence-electron chi connectivity index (χ4n) is 3.21. The Hall–Kier alpha value is -2.25. The maximum atomic E-state index is 9.54. The van der Waals surface area contributed by atoms with Gasteiger partial charge < -0.3 is 20.1 Å². The number of thiophene rings is 1. The van der Waals surface area contributed by atoms with Crippen molar-refractivity contribution in [2.45, 2.75) is 0 Å². The molecule has 0 aliphatic carbocycles. The number of fused-ring (bicyclic) bond motifs is 2. The molecule has 8 nitrogen and oxygen atoms in total. The van der Waals surface area contributed by atoms with Gasteiger partial charge in [-0.15, -0.1) is 11.3 Å². The second kappa shape index (κ2) is 7.22. The summed E-state index contributed by atoms with van der Waals surface area (Å²) in [5.41, 5.74) is 4.54. The van der Waals surface area contributed by atoms with Crippen molar-refractivity contribution >= 4 is 82.0 Å². The van der Waals surface area contributed by atoms with Crippen molar-refractivity contribution in [3.05, 3.63) is 36.4 Å². The van der Waals surface area contributed by atoms with Crippen molar-refractivity contribution in [3.63, 3.8) is 0 Å². The second-order valence-electron chi connectivity index (χ2n) is 6.24. The van der Waals surface area contributed by atoms with Crippen LogP contribution in [0.25, 0.3) is 42.9 Å². The van der Waals surface area contributed by atoms with Crippen LogP contribution in [-0.4, -0.2) is 51.8 Å². The molecule has 0 unspecified atom stereocenters. The number of hydrogen-bond donors (Lipinski definition) is 4. The van der Waals surface area contributed by atoms with Crippen molar-refractivity contribution in [3.8, 4) is 20.9 Å². The van der Waals surface area contributed by atoms with Gasteiger partial charge in [-0.1, -0.05) is 24.3 Å². The molecule has 3 aromatic heterocycles. The summed E-state index contributed by atoms with van der Waals surface area (Å²) in [6.07, 6.45) is 0. The van der Waals surface area contributed by atoms with Crippen LogP contribution >= 0.6 is 34.8 Å². The molecular formula is C16H10B2N4O4S3. The van der Waals surface area contributed by atoms with Crippen LogP contribution < -0.4 is 10.9 Å². The Balaban J connectivity index is 1.63. The van der Waals surface area contributed by atoms with E-state index in [2.05, 4.69) is 17.5 Å². The van der Waals surface area contributed by atoms with Gasteiger partial charge in [0.15, 0.2) is 0 Å². The van der Waals surface area contributed by atoms with Gasteiger partial charge in [-0.2, -0.15) is 17.5 Å². The Morgan fingerprint density at radius 2 is 0.966 bits per heavy atom. The summed E-state index contributed by atoms with van der Waals surface area (Å²) in [5.74, 6) is 0. The molecule has 4 N–H and O–H groups in total. The zero-order valence-corrected chi connectivity index (χ0v) is 16.9. The van der Waals surface area contributed by atoms with E-state index in [0.717, 1.165) is 44.3 Å². The largest absolute Gasteiger partial charge is 0.490 e. The molecule has 142 valence electrons. The van der Waals surface area contributed by atoms with Crippen LogP contribution in [0.3, 0.4) is 0 Å². The molecule has 0 radical (unpaired) electrons. The number of benzene rings is 2. The molecule has 0 atom stereocenters. The summed E-state index contributed by atoms with van der Waals surface area (Å²) in [7, 11) is -3.22. The highest BCUT2D eigenvalue weighted by atomic mass is 32.1. The zero-order valence-electron chi connectivity index (χ0n) is 14.4. The van der Waals surface area contributed by atoms with Gasteiger partial charge in [0.2, 0.25) is 0 Å². The Kier molecular flexibility index (Phi) is 4.67. The minimum atomic E-state index is -1.61. The molecule has 3 heterocycles. The molecule has 0 aliphatic heterocycles. The van der Waals surface area contributed by atoms with Gasteiger partial charge in [-0.05, 0) is 12.1 Å². The predicted molar refractivity (Wildman–Crippen MR) is 117 cm³/mol. The lowest BCUT2D eigenvalue weighted by Crippen LogP contribution is -2.30. The Morgan fingerprint density at radius 1 is 0.552 bits per heavy atom. The lowest BCUT2D eigenvalue weighted by molar-refractivity contribution is 0.425. The highest BCUT2D eigenvalue weighted by Crippen LogP contribution is 2.38.